The van der Waals surface area contributed by atoms with Crippen LogP contribution in [0.4, 0.5) is 5.82 Å². The van der Waals surface area contributed by atoms with Gasteiger partial charge in [-0.1, -0.05) is 12.1 Å². The van der Waals surface area contributed by atoms with Crippen LogP contribution in [0.1, 0.15) is 23.7 Å². The summed E-state index contributed by atoms with van der Waals surface area (Å²) in [5.41, 5.74) is 11.3. The van der Waals surface area contributed by atoms with Gasteiger partial charge in [0, 0.05) is 35.3 Å². The molecule has 0 aliphatic carbocycles. The number of aryl methyl sites for hydroxylation is 1. The van der Waals surface area contributed by atoms with E-state index >= 15 is 0 Å². The third kappa shape index (κ3) is 3.61. The van der Waals surface area contributed by atoms with Crippen LogP contribution in [-0.2, 0) is 0 Å². The molecule has 0 saturated heterocycles. The zero-order chi connectivity index (χ0) is 17.6. The Morgan fingerprint density at radius 2 is 1.88 bits per heavy atom. The quantitative estimate of drug-likeness (QED) is 0.581. The van der Waals surface area contributed by atoms with E-state index in [0.717, 1.165) is 33.7 Å². The molecule has 0 saturated carbocycles. The van der Waals surface area contributed by atoms with Gasteiger partial charge in [0.1, 0.15) is 0 Å². The van der Waals surface area contributed by atoms with Gasteiger partial charge in [-0.15, -0.1) is 0 Å². The van der Waals surface area contributed by atoms with Crippen molar-refractivity contribution in [3.8, 4) is 11.3 Å². The highest BCUT2D eigenvalue weighted by Crippen LogP contribution is 2.27. The van der Waals surface area contributed by atoms with Crippen LogP contribution >= 0.6 is 0 Å². The molecule has 0 aliphatic heterocycles. The zero-order valence-electron chi connectivity index (χ0n) is 14.2. The monoisotopic (exact) mass is 329 g/mol. The molecule has 5 nitrogen and oxygen atoms in total. The molecule has 3 rings (SSSR count). The molecule has 5 heteroatoms. The number of nitrogens with zero attached hydrogens (tertiary/aromatic N) is 4. The summed E-state index contributed by atoms with van der Waals surface area (Å²) in [6.45, 7) is 4.06. The number of nitrogens with two attached hydrogens (primary N) is 1. The maximum atomic E-state index is 5.31. The van der Waals surface area contributed by atoms with Gasteiger partial charge >= 0.3 is 0 Å². The van der Waals surface area contributed by atoms with Gasteiger partial charge in [-0.2, -0.15) is 0 Å². The third-order valence-electron chi connectivity index (χ3n) is 3.88. The molecule has 0 amide bonds. The second kappa shape index (κ2) is 7.49. The van der Waals surface area contributed by atoms with E-state index in [-0.39, 0.29) is 0 Å². The zero-order valence-corrected chi connectivity index (χ0v) is 14.2. The summed E-state index contributed by atoms with van der Waals surface area (Å²) in [6, 6.07) is 11.8. The largest absolute Gasteiger partial charge is 0.390 e. The van der Waals surface area contributed by atoms with Crippen LogP contribution in [0.15, 0.2) is 66.1 Å². The topological polar surface area (TPSA) is 77.0 Å². The normalized spacial score (nSPS) is 11.8. The Labute approximate surface area is 147 Å². The molecule has 0 aromatic carbocycles. The van der Waals surface area contributed by atoms with Gasteiger partial charge in [-0.3, -0.25) is 4.98 Å². The maximum Gasteiger partial charge on any atom is 0.153 e. The Kier molecular flexibility index (Phi) is 4.95. The van der Waals surface area contributed by atoms with Crippen LogP contribution in [0.5, 0.6) is 0 Å². The van der Waals surface area contributed by atoms with Crippen LogP contribution in [0.3, 0.4) is 0 Å². The minimum Gasteiger partial charge on any atom is -0.390 e. The van der Waals surface area contributed by atoms with E-state index in [1.165, 1.54) is 6.34 Å². The van der Waals surface area contributed by atoms with Crippen LogP contribution in [0.2, 0.25) is 0 Å². The molecule has 0 bridgehead atoms. The number of allylic oxidation sites excluding steroid dienone is 1. The van der Waals surface area contributed by atoms with Crippen molar-refractivity contribution in [3.63, 3.8) is 0 Å². The number of pyridine rings is 3. The van der Waals surface area contributed by atoms with Gasteiger partial charge in [-0.05, 0) is 49.7 Å². The Balaban J connectivity index is 2.04. The van der Waals surface area contributed by atoms with Crippen molar-refractivity contribution >= 4 is 17.7 Å². The molecule has 0 unspecified atom stereocenters. The average molecular weight is 329 g/mol. The van der Waals surface area contributed by atoms with Crippen molar-refractivity contribution in [3.05, 3.63) is 77.9 Å². The predicted molar refractivity (Wildman–Crippen MR) is 102 cm³/mol. The minimum atomic E-state index is 0.580. The molecule has 0 aliphatic rings. The third-order valence-corrected chi connectivity index (χ3v) is 3.88. The number of rotatable bonds is 4. The average Bonchev–Trinajstić information content (AvgIpc) is 2.66. The maximum absolute atomic E-state index is 5.31. The first-order valence-electron chi connectivity index (χ1n) is 7.98. The van der Waals surface area contributed by atoms with E-state index in [0.29, 0.717) is 5.82 Å². The summed E-state index contributed by atoms with van der Waals surface area (Å²) >= 11 is 0. The first-order valence-corrected chi connectivity index (χ1v) is 7.98. The lowest BCUT2D eigenvalue weighted by molar-refractivity contribution is 1.20. The van der Waals surface area contributed by atoms with Gasteiger partial charge in [0.2, 0.25) is 0 Å². The van der Waals surface area contributed by atoms with Gasteiger partial charge in [0.25, 0.3) is 0 Å². The van der Waals surface area contributed by atoms with Crippen LogP contribution in [0, 0.1) is 6.92 Å². The molecule has 3 heterocycles. The van der Waals surface area contributed by atoms with Crippen LogP contribution in [0.25, 0.3) is 16.8 Å². The van der Waals surface area contributed by atoms with E-state index in [4.69, 9.17) is 10.7 Å². The number of hydrogen-bond acceptors (Lipinski definition) is 4. The summed E-state index contributed by atoms with van der Waals surface area (Å²) in [6.07, 6.45) is 8.62. The number of aromatic nitrogens is 3. The van der Waals surface area contributed by atoms with Crippen molar-refractivity contribution < 1.29 is 0 Å². The minimum absolute atomic E-state index is 0.580. The van der Waals surface area contributed by atoms with E-state index in [2.05, 4.69) is 34.0 Å². The molecule has 0 spiro atoms. The molecule has 25 heavy (non-hydrogen) atoms. The van der Waals surface area contributed by atoms with Gasteiger partial charge in [-0.25, -0.2) is 15.0 Å². The highest BCUT2D eigenvalue weighted by molar-refractivity contribution is 5.80. The summed E-state index contributed by atoms with van der Waals surface area (Å²) in [4.78, 5) is 17.2. The van der Waals surface area contributed by atoms with Gasteiger partial charge in [0.05, 0.1) is 17.7 Å². The molecule has 124 valence electrons. The van der Waals surface area contributed by atoms with E-state index < -0.39 is 0 Å². The standard InChI is InChI=1S/C20H19N5/c1-3-17(16-5-7-19(23-12-16)24-13-21)20-14(2)4-6-18(25-20)15-8-10-22-11-9-15/h3-13H,1-2H3,(H2,21,23,24)/b17-3-. The number of hydrogen-bond donors (Lipinski definition) is 1. The lowest BCUT2D eigenvalue weighted by Gasteiger charge is -2.12. The molecular formula is C20H19N5. The van der Waals surface area contributed by atoms with Crippen LogP contribution in [-0.4, -0.2) is 21.3 Å². The van der Waals surface area contributed by atoms with E-state index in [1.807, 2.05) is 37.3 Å². The van der Waals surface area contributed by atoms with Crippen molar-refractivity contribution in [1.82, 2.24) is 15.0 Å². The highest BCUT2D eigenvalue weighted by Gasteiger charge is 2.11. The van der Waals surface area contributed by atoms with Crippen molar-refractivity contribution in [2.24, 2.45) is 10.7 Å². The van der Waals surface area contributed by atoms with Crippen molar-refractivity contribution in [1.29, 1.82) is 0 Å². The smallest absolute Gasteiger partial charge is 0.153 e. The first kappa shape index (κ1) is 16.5. The fourth-order valence-electron chi connectivity index (χ4n) is 2.62. The lowest BCUT2D eigenvalue weighted by Crippen LogP contribution is -1.98. The van der Waals surface area contributed by atoms with E-state index in [9.17, 15) is 0 Å². The first-order chi connectivity index (χ1) is 12.2. The lowest BCUT2D eigenvalue weighted by atomic mass is 9.99. The Morgan fingerprint density at radius 3 is 2.52 bits per heavy atom. The fourth-order valence-corrected chi connectivity index (χ4v) is 2.62. The molecule has 3 aromatic rings. The summed E-state index contributed by atoms with van der Waals surface area (Å²) < 4.78 is 0. The van der Waals surface area contributed by atoms with Crippen molar-refractivity contribution in [2.75, 3.05) is 0 Å². The second-order valence-electron chi connectivity index (χ2n) is 5.48. The summed E-state index contributed by atoms with van der Waals surface area (Å²) in [5, 5.41) is 0. The molecule has 2 N–H and O–H groups in total. The molecule has 0 radical (unpaired) electrons. The van der Waals surface area contributed by atoms with Gasteiger partial charge < -0.3 is 5.73 Å². The van der Waals surface area contributed by atoms with E-state index in [1.54, 1.807) is 18.6 Å². The second-order valence-corrected chi connectivity index (χ2v) is 5.48. The number of aliphatic imine (C=N–C) groups is 1. The fraction of sp³-hybridized carbons (Fsp3) is 0.100. The van der Waals surface area contributed by atoms with Gasteiger partial charge in [0.15, 0.2) is 5.82 Å². The molecule has 0 atom stereocenters. The Morgan fingerprint density at radius 1 is 1.08 bits per heavy atom. The molecule has 3 aromatic heterocycles. The summed E-state index contributed by atoms with van der Waals surface area (Å²) in [7, 11) is 0. The molecule has 0 fully saturated rings. The van der Waals surface area contributed by atoms with Crippen molar-refractivity contribution in [2.45, 2.75) is 13.8 Å². The highest BCUT2D eigenvalue weighted by atomic mass is 14.9. The SMILES string of the molecule is C/C=C(/c1ccc(N=CN)nc1)c1nc(-c2ccncc2)ccc1C. The molecular weight excluding hydrogens is 310 g/mol. The summed E-state index contributed by atoms with van der Waals surface area (Å²) in [5.74, 6) is 0.580. The Bertz CT molecular complexity index is 913. The van der Waals surface area contributed by atoms with Crippen LogP contribution < -0.4 is 5.73 Å². The Hall–Kier alpha value is -3.34. The predicted octanol–water partition coefficient (Wildman–Crippen LogP) is 3.92.